The van der Waals surface area contributed by atoms with Gasteiger partial charge in [-0.2, -0.15) is 0 Å². The number of hydrogen-bond donors (Lipinski definition) is 1. The SMILES string of the molecule is C[C@]12CCC=C1[C@@H]1CC[C@@H]3C[C@H](O)CC[C@]3(C)[C@H]1CC2. The molecular weight excluding hydrogens is 244 g/mol. The Morgan fingerprint density at radius 2 is 1.90 bits per heavy atom. The fraction of sp³-hybridized carbons (Fsp3) is 0.895. The molecule has 0 spiro atoms. The molecule has 1 heteroatoms. The first kappa shape index (κ1) is 13.4. The second-order valence-corrected chi connectivity index (χ2v) is 8.72. The Bertz CT molecular complexity index is 439. The van der Waals surface area contributed by atoms with Crippen molar-refractivity contribution in [2.45, 2.75) is 77.7 Å². The maximum absolute atomic E-state index is 10.0. The number of rotatable bonds is 0. The predicted molar refractivity (Wildman–Crippen MR) is 82.3 cm³/mol. The van der Waals surface area contributed by atoms with Crippen LogP contribution in [0.5, 0.6) is 0 Å². The van der Waals surface area contributed by atoms with E-state index in [-0.39, 0.29) is 6.10 Å². The van der Waals surface area contributed by atoms with Crippen molar-refractivity contribution >= 4 is 0 Å². The smallest absolute Gasteiger partial charge is 0.0543 e. The molecule has 4 aliphatic carbocycles. The summed E-state index contributed by atoms with van der Waals surface area (Å²) in [6.07, 6.45) is 14.4. The summed E-state index contributed by atoms with van der Waals surface area (Å²) in [5, 5.41) is 10.0. The molecule has 0 heterocycles. The lowest BCUT2D eigenvalue weighted by molar-refractivity contribution is -0.0812. The van der Waals surface area contributed by atoms with E-state index in [0.29, 0.717) is 10.8 Å². The van der Waals surface area contributed by atoms with Gasteiger partial charge in [-0.25, -0.2) is 0 Å². The van der Waals surface area contributed by atoms with Gasteiger partial charge >= 0.3 is 0 Å². The van der Waals surface area contributed by atoms with E-state index in [9.17, 15) is 5.11 Å². The van der Waals surface area contributed by atoms with Crippen LogP contribution in [0.25, 0.3) is 0 Å². The molecule has 0 unspecified atom stereocenters. The van der Waals surface area contributed by atoms with E-state index in [1.165, 1.54) is 44.9 Å². The van der Waals surface area contributed by atoms with E-state index < -0.39 is 0 Å². The third-order valence-electron chi connectivity index (χ3n) is 7.83. The highest BCUT2D eigenvalue weighted by atomic mass is 16.3. The first-order chi connectivity index (χ1) is 9.53. The number of aliphatic hydroxyl groups excluding tert-OH is 1. The molecule has 0 radical (unpaired) electrons. The molecule has 0 aromatic rings. The standard InChI is InChI=1S/C19H30O/c1-18-9-3-4-16(18)15-6-5-13-12-14(20)7-11-19(13,2)17(15)8-10-18/h4,13-15,17,20H,3,5-12H2,1-2H3/t13-,14-,15+,17+,18-,19+/m1/s1. The van der Waals surface area contributed by atoms with Crippen LogP contribution in [0.1, 0.15) is 71.6 Å². The minimum atomic E-state index is -0.0100. The lowest BCUT2D eigenvalue weighted by atomic mass is 9.46. The van der Waals surface area contributed by atoms with Crippen molar-refractivity contribution in [2.75, 3.05) is 0 Å². The van der Waals surface area contributed by atoms with E-state index in [4.69, 9.17) is 0 Å². The van der Waals surface area contributed by atoms with Crippen LogP contribution in [-0.4, -0.2) is 11.2 Å². The molecule has 4 aliphatic rings. The summed E-state index contributed by atoms with van der Waals surface area (Å²) in [4.78, 5) is 0. The normalized spacial score (nSPS) is 54.6. The fourth-order valence-electron chi connectivity index (χ4n) is 6.56. The predicted octanol–water partition coefficient (Wildman–Crippen LogP) is 4.70. The number of aliphatic hydroxyl groups is 1. The van der Waals surface area contributed by atoms with Gasteiger partial charge in [0.2, 0.25) is 0 Å². The lowest BCUT2D eigenvalue weighted by Gasteiger charge is -2.59. The van der Waals surface area contributed by atoms with Crippen molar-refractivity contribution in [1.82, 2.24) is 0 Å². The second-order valence-electron chi connectivity index (χ2n) is 8.72. The summed E-state index contributed by atoms with van der Waals surface area (Å²) in [6, 6.07) is 0. The molecule has 112 valence electrons. The third kappa shape index (κ3) is 1.71. The van der Waals surface area contributed by atoms with Gasteiger partial charge in [-0.05, 0) is 86.4 Å². The summed E-state index contributed by atoms with van der Waals surface area (Å²) < 4.78 is 0. The first-order valence-corrected chi connectivity index (χ1v) is 8.91. The van der Waals surface area contributed by atoms with Crippen LogP contribution in [0.2, 0.25) is 0 Å². The van der Waals surface area contributed by atoms with Crippen molar-refractivity contribution in [3.63, 3.8) is 0 Å². The Kier molecular flexibility index (Phi) is 2.91. The zero-order valence-electron chi connectivity index (χ0n) is 13.2. The zero-order chi connectivity index (χ0) is 14.0. The van der Waals surface area contributed by atoms with Gasteiger partial charge in [-0.3, -0.25) is 0 Å². The van der Waals surface area contributed by atoms with Gasteiger partial charge in [-0.15, -0.1) is 0 Å². The molecule has 1 nitrogen and oxygen atoms in total. The van der Waals surface area contributed by atoms with Crippen LogP contribution in [0.15, 0.2) is 11.6 Å². The molecule has 4 rings (SSSR count). The van der Waals surface area contributed by atoms with Crippen LogP contribution in [0.4, 0.5) is 0 Å². The van der Waals surface area contributed by atoms with Crippen molar-refractivity contribution < 1.29 is 5.11 Å². The molecule has 0 aliphatic heterocycles. The molecule has 0 bridgehead atoms. The van der Waals surface area contributed by atoms with E-state index >= 15 is 0 Å². The van der Waals surface area contributed by atoms with Gasteiger partial charge in [0, 0.05) is 0 Å². The van der Waals surface area contributed by atoms with Crippen LogP contribution >= 0.6 is 0 Å². The highest BCUT2D eigenvalue weighted by Gasteiger charge is 2.55. The minimum Gasteiger partial charge on any atom is -0.393 e. The maximum atomic E-state index is 10.0. The third-order valence-corrected chi connectivity index (χ3v) is 7.83. The molecular formula is C19H30O. The number of fused-ring (bicyclic) bond motifs is 5. The van der Waals surface area contributed by atoms with Gasteiger partial charge in [0.05, 0.1) is 6.10 Å². The van der Waals surface area contributed by atoms with Gasteiger partial charge in [-0.1, -0.05) is 25.5 Å². The highest BCUT2D eigenvalue weighted by Crippen LogP contribution is 2.64. The van der Waals surface area contributed by atoms with E-state index in [1.807, 2.05) is 5.57 Å². The van der Waals surface area contributed by atoms with Gasteiger partial charge in [0.15, 0.2) is 0 Å². The topological polar surface area (TPSA) is 20.2 Å². The van der Waals surface area contributed by atoms with Gasteiger partial charge < -0.3 is 5.11 Å². The van der Waals surface area contributed by atoms with Crippen LogP contribution in [0.3, 0.4) is 0 Å². The molecule has 0 aromatic heterocycles. The Labute approximate surface area is 123 Å². The Morgan fingerprint density at radius 3 is 2.75 bits per heavy atom. The highest BCUT2D eigenvalue weighted by molar-refractivity contribution is 5.27. The molecule has 0 aromatic carbocycles. The summed E-state index contributed by atoms with van der Waals surface area (Å²) in [5.74, 6) is 2.58. The Hall–Kier alpha value is -0.300. The van der Waals surface area contributed by atoms with Crippen molar-refractivity contribution in [2.24, 2.45) is 28.6 Å². The van der Waals surface area contributed by atoms with Gasteiger partial charge in [0.1, 0.15) is 0 Å². The van der Waals surface area contributed by atoms with E-state index in [2.05, 4.69) is 19.9 Å². The fourth-order valence-corrected chi connectivity index (χ4v) is 6.56. The van der Waals surface area contributed by atoms with Crippen molar-refractivity contribution in [3.05, 3.63) is 11.6 Å². The van der Waals surface area contributed by atoms with E-state index in [1.54, 1.807) is 0 Å². The average Bonchev–Trinajstić information content (AvgIpc) is 2.81. The number of hydrogen-bond acceptors (Lipinski definition) is 1. The quantitative estimate of drug-likeness (QED) is 0.635. The van der Waals surface area contributed by atoms with Crippen LogP contribution < -0.4 is 0 Å². The molecule has 0 saturated heterocycles. The summed E-state index contributed by atoms with van der Waals surface area (Å²) in [6.45, 7) is 5.10. The Balaban J connectivity index is 1.66. The zero-order valence-corrected chi connectivity index (χ0v) is 13.2. The molecule has 6 atom stereocenters. The lowest BCUT2D eigenvalue weighted by Crippen LogP contribution is -2.51. The molecule has 3 saturated carbocycles. The van der Waals surface area contributed by atoms with Gasteiger partial charge in [0.25, 0.3) is 0 Å². The van der Waals surface area contributed by atoms with Crippen LogP contribution in [-0.2, 0) is 0 Å². The number of allylic oxidation sites excluding steroid dienone is 2. The molecule has 3 fully saturated rings. The van der Waals surface area contributed by atoms with E-state index in [0.717, 1.165) is 30.6 Å². The minimum absolute atomic E-state index is 0.0100. The maximum Gasteiger partial charge on any atom is 0.0543 e. The summed E-state index contributed by atoms with van der Waals surface area (Å²) in [7, 11) is 0. The largest absolute Gasteiger partial charge is 0.393 e. The summed E-state index contributed by atoms with van der Waals surface area (Å²) >= 11 is 0. The molecule has 1 N–H and O–H groups in total. The average molecular weight is 274 g/mol. The second kappa shape index (κ2) is 4.35. The summed E-state index contributed by atoms with van der Waals surface area (Å²) in [5.41, 5.74) is 2.92. The van der Waals surface area contributed by atoms with Crippen LogP contribution in [0, 0.1) is 28.6 Å². The van der Waals surface area contributed by atoms with Crippen molar-refractivity contribution in [3.8, 4) is 0 Å². The molecule has 20 heavy (non-hydrogen) atoms. The molecule has 0 amide bonds. The first-order valence-electron chi connectivity index (χ1n) is 8.91. The monoisotopic (exact) mass is 274 g/mol. The van der Waals surface area contributed by atoms with Crippen molar-refractivity contribution in [1.29, 1.82) is 0 Å². The Morgan fingerprint density at radius 1 is 1.05 bits per heavy atom.